The number of carbonyl (C=O) groups is 1. The fourth-order valence-corrected chi connectivity index (χ4v) is 3.92. The zero-order valence-corrected chi connectivity index (χ0v) is 22.8. The molecule has 0 spiro atoms. The van der Waals surface area contributed by atoms with Crippen LogP contribution in [0.2, 0.25) is 0 Å². The van der Waals surface area contributed by atoms with Gasteiger partial charge in [-0.15, -0.1) is 0 Å². The van der Waals surface area contributed by atoms with Crippen LogP contribution in [0.4, 0.5) is 0 Å². The average Bonchev–Trinajstić information content (AvgIpc) is 2.88. The lowest BCUT2D eigenvalue weighted by Crippen LogP contribution is -2.25. The number of hydrogen-bond donors (Lipinski definition) is 3. The number of carboxylic acid groups (broad SMARTS) is 1. The topological polar surface area (TPSA) is 92.8 Å². The lowest BCUT2D eigenvalue weighted by molar-refractivity contribution is -0.138. The van der Waals surface area contributed by atoms with E-state index in [1.54, 1.807) is 6.92 Å². The Kier molecular flexibility index (Phi) is 24.6. The Hall–Kier alpha value is -1.43. The second kappa shape index (κ2) is 25.7. The van der Waals surface area contributed by atoms with E-state index in [1.165, 1.54) is 96.3 Å². The molecule has 5 nitrogen and oxygen atoms in total. The van der Waals surface area contributed by atoms with Crippen molar-refractivity contribution in [3.63, 3.8) is 0 Å². The number of carboxylic acids is 1. The highest BCUT2D eigenvalue weighted by Crippen LogP contribution is 2.14. The summed E-state index contributed by atoms with van der Waals surface area (Å²) in [6, 6.07) is 9.19. The first-order valence-electron chi connectivity index (χ1n) is 14.3. The number of aliphatic hydroxyl groups excluding tert-OH is 1. The molecular formula is C30H55NO4. The Labute approximate surface area is 215 Å². The molecule has 0 saturated carbocycles. The van der Waals surface area contributed by atoms with Gasteiger partial charge < -0.3 is 20.7 Å². The number of unbranched alkanes of at least 4 members (excludes halogenated alkanes) is 15. The fourth-order valence-electron chi connectivity index (χ4n) is 3.92. The van der Waals surface area contributed by atoms with Crippen molar-refractivity contribution in [3.05, 3.63) is 35.9 Å². The van der Waals surface area contributed by atoms with Gasteiger partial charge >= 0.3 is 5.97 Å². The lowest BCUT2D eigenvalue weighted by atomic mass is 10.0. The third kappa shape index (κ3) is 22.8. The summed E-state index contributed by atoms with van der Waals surface area (Å²) in [5.41, 5.74) is 6.17. The van der Waals surface area contributed by atoms with Gasteiger partial charge in [0.2, 0.25) is 0 Å². The SMILES string of the molecule is CC(C(=O)O)c1ccccc1.CCCCCCCCCCCCCCCCCCOCC(O)CN. The minimum atomic E-state index is -0.781. The van der Waals surface area contributed by atoms with Crippen molar-refractivity contribution in [3.8, 4) is 0 Å². The smallest absolute Gasteiger partial charge is 0.310 e. The van der Waals surface area contributed by atoms with E-state index in [1.807, 2.05) is 30.3 Å². The number of ether oxygens (including phenoxy) is 1. The molecular weight excluding hydrogens is 438 g/mol. The summed E-state index contributed by atoms with van der Waals surface area (Å²) in [6.45, 7) is 5.40. The van der Waals surface area contributed by atoms with E-state index < -0.39 is 18.0 Å². The Morgan fingerprint density at radius 2 is 1.23 bits per heavy atom. The van der Waals surface area contributed by atoms with Crippen molar-refractivity contribution in [1.29, 1.82) is 0 Å². The van der Waals surface area contributed by atoms with Gasteiger partial charge in [0.05, 0.1) is 18.6 Å². The molecule has 0 radical (unpaired) electrons. The van der Waals surface area contributed by atoms with Gasteiger partial charge in [0.25, 0.3) is 0 Å². The summed E-state index contributed by atoms with van der Waals surface area (Å²) >= 11 is 0. The maximum Gasteiger partial charge on any atom is 0.310 e. The fraction of sp³-hybridized carbons (Fsp3) is 0.767. The van der Waals surface area contributed by atoms with Gasteiger partial charge in [-0.3, -0.25) is 4.79 Å². The standard InChI is InChI=1S/C21H45NO2.C9H10O2/c1-2-3-4-5-6-7-8-9-10-11-12-13-14-15-16-17-18-24-20-21(23)19-22;1-7(9(10)11)8-5-3-2-4-6-8/h21,23H,2-20,22H2,1H3;2-7H,1H3,(H,10,11). The summed E-state index contributed by atoms with van der Waals surface area (Å²) in [5, 5.41) is 17.9. The minimum absolute atomic E-state index is 0.291. The van der Waals surface area contributed by atoms with Gasteiger partial charge in [-0.2, -0.15) is 0 Å². The second-order valence-electron chi connectivity index (χ2n) is 9.74. The van der Waals surface area contributed by atoms with Crippen LogP contribution in [0.3, 0.4) is 0 Å². The first kappa shape index (κ1) is 33.6. The Morgan fingerprint density at radius 3 is 1.63 bits per heavy atom. The van der Waals surface area contributed by atoms with Crippen molar-refractivity contribution in [1.82, 2.24) is 0 Å². The van der Waals surface area contributed by atoms with Crippen LogP contribution >= 0.6 is 0 Å². The molecule has 4 N–H and O–H groups in total. The molecule has 204 valence electrons. The molecule has 0 saturated heterocycles. The summed E-state index contributed by atoms with van der Waals surface area (Å²) in [6.07, 6.45) is 21.7. The molecule has 0 heterocycles. The molecule has 2 unspecified atom stereocenters. The van der Waals surface area contributed by atoms with Gasteiger partial charge in [0.15, 0.2) is 0 Å². The average molecular weight is 494 g/mol. The molecule has 2 atom stereocenters. The zero-order chi connectivity index (χ0) is 26.0. The van der Waals surface area contributed by atoms with E-state index in [4.69, 9.17) is 15.6 Å². The summed E-state index contributed by atoms with van der Waals surface area (Å²) in [5.74, 6) is -1.19. The van der Waals surface area contributed by atoms with E-state index in [2.05, 4.69) is 6.92 Å². The van der Waals surface area contributed by atoms with E-state index >= 15 is 0 Å². The second-order valence-corrected chi connectivity index (χ2v) is 9.74. The molecule has 1 aromatic carbocycles. The summed E-state index contributed by atoms with van der Waals surface area (Å²) < 4.78 is 5.38. The molecule has 1 aromatic rings. The molecule has 0 aromatic heterocycles. The molecule has 0 aliphatic rings. The van der Waals surface area contributed by atoms with Crippen LogP contribution in [-0.4, -0.2) is 42.0 Å². The Morgan fingerprint density at radius 1 is 0.800 bits per heavy atom. The van der Waals surface area contributed by atoms with Crippen molar-refractivity contribution < 1.29 is 19.7 Å². The van der Waals surface area contributed by atoms with Gasteiger partial charge in [-0.1, -0.05) is 134 Å². The number of hydrogen-bond acceptors (Lipinski definition) is 4. The third-order valence-electron chi connectivity index (χ3n) is 6.39. The largest absolute Gasteiger partial charge is 0.481 e. The van der Waals surface area contributed by atoms with Crippen molar-refractivity contribution in [2.45, 2.75) is 129 Å². The predicted octanol–water partition coefficient (Wildman–Crippen LogP) is 7.46. The number of aliphatic hydroxyl groups is 1. The first-order valence-corrected chi connectivity index (χ1v) is 14.3. The summed E-state index contributed by atoms with van der Waals surface area (Å²) in [4.78, 5) is 10.5. The van der Waals surface area contributed by atoms with Crippen LogP contribution in [0.25, 0.3) is 0 Å². The van der Waals surface area contributed by atoms with Crippen LogP contribution in [-0.2, 0) is 9.53 Å². The van der Waals surface area contributed by atoms with Crippen molar-refractivity contribution >= 4 is 5.97 Å². The lowest BCUT2D eigenvalue weighted by Gasteiger charge is -2.08. The van der Waals surface area contributed by atoms with E-state index in [0.717, 1.165) is 18.6 Å². The number of benzene rings is 1. The summed E-state index contributed by atoms with van der Waals surface area (Å²) in [7, 11) is 0. The van der Waals surface area contributed by atoms with Crippen molar-refractivity contribution in [2.24, 2.45) is 5.73 Å². The zero-order valence-electron chi connectivity index (χ0n) is 22.8. The molecule has 1 rings (SSSR count). The highest BCUT2D eigenvalue weighted by molar-refractivity contribution is 5.75. The van der Waals surface area contributed by atoms with Crippen LogP contribution in [0.15, 0.2) is 30.3 Å². The highest BCUT2D eigenvalue weighted by atomic mass is 16.5. The van der Waals surface area contributed by atoms with Gasteiger partial charge in [0.1, 0.15) is 0 Å². The molecule has 0 bridgehead atoms. The Bertz CT molecular complexity index is 567. The minimum Gasteiger partial charge on any atom is -0.481 e. The monoisotopic (exact) mass is 493 g/mol. The number of aliphatic carboxylic acids is 1. The molecule has 35 heavy (non-hydrogen) atoms. The maximum absolute atomic E-state index is 10.5. The van der Waals surface area contributed by atoms with Crippen LogP contribution in [0.1, 0.15) is 128 Å². The molecule has 5 heteroatoms. The highest BCUT2D eigenvalue weighted by Gasteiger charge is 2.11. The normalized spacial score (nSPS) is 12.6. The molecule has 0 aliphatic carbocycles. The maximum atomic E-state index is 10.5. The van der Waals surface area contributed by atoms with Gasteiger partial charge in [-0.25, -0.2) is 0 Å². The predicted molar refractivity (Wildman–Crippen MR) is 148 cm³/mol. The number of nitrogens with two attached hydrogens (primary N) is 1. The number of rotatable bonds is 22. The van der Waals surface area contributed by atoms with Crippen LogP contribution < -0.4 is 5.73 Å². The van der Waals surface area contributed by atoms with E-state index in [9.17, 15) is 9.90 Å². The molecule has 0 amide bonds. The van der Waals surface area contributed by atoms with Crippen LogP contribution in [0, 0.1) is 0 Å². The van der Waals surface area contributed by atoms with Crippen molar-refractivity contribution in [2.75, 3.05) is 19.8 Å². The van der Waals surface area contributed by atoms with E-state index in [0.29, 0.717) is 13.2 Å². The molecule has 0 aliphatic heterocycles. The van der Waals surface area contributed by atoms with E-state index in [-0.39, 0.29) is 0 Å². The Balaban J connectivity index is 0.000000867. The van der Waals surface area contributed by atoms with Crippen LogP contribution in [0.5, 0.6) is 0 Å². The van der Waals surface area contributed by atoms with Gasteiger partial charge in [-0.05, 0) is 18.9 Å². The first-order chi connectivity index (χ1) is 17.0. The molecule has 0 fully saturated rings. The third-order valence-corrected chi connectivity index (χ3v) is 6.39. The van der Waals surface area contributed by atoms with Gasteiger partial charge in [0, 0.05) is 13.2 Å². The quantitative estimate of drug-likeness (QED) is 0.146.